The number of benzene rings is 2. The summed E-state index contributed by atoms with van der Waals surface area (Å²) in [6.07, 6.45) is 7.38. The minimum Gasteiger partial charge on any atom is -0.497 e. The number of hydrogen-bond acceptors (Lipinski definition) is 4. The first-order valence-corrected chi connectivity index (χ1v) is 11.7. The fourth-order valence-corrected chi connectivity index (χ4v) is 3.86. The van der Waals surface area contributed by atoms with Crippen molar-refractivity contribution in [3.8, 4) is 22.8 Å². The Kier molecular flexibility index (Phi) is 8.38. The molecule has 0 fully saturated rings. The van der Waals surface area contributed by atoms with Crippen molar-refractivity contribution in [2.45, 2.75) is 45.4 Å². The minimum absolute atomic E-state index is 0.0402. The van der Waals surface area contributed by atoms with Gasteiger partial charge in [-0.3, -0.25) is 4.79 Å². The van der Waals surface area contributed by atoms with Gasteiger partial charge in [0.1, 0.15) is 22.8 Å². The molecule has 0 unspecified atom stereocenters. The summed E-state index contributed by atoms with van der Waals surface area (Å²) in [7, 11) is 1.58. The van der Waals surface area contributed by atoms with E-state index in [1.807, 2.05) is 24.3 Å². The van der Waals surface area contributed by atoms with E-state index in [1.54, 1.807) is 32.2 Å². The Morgan fingerprint density at radius 3 is 2.27 bits per heavy atom. The maximum Gasteiger partial charge on any atom is 0.196 e. The predicted molar refractivity (Wildman–Crippen MR) is 126 cm³/mol. The van der Waals surface area contributed by atoms with Crippen molar-refractivity contribution in [3.63, 3.8) is 0 Å². The quantitative estimate of drug-likeness (QED) is 0.225. The van der Waals surface area contributed by atoms with Crippen LogP contribution in [0.3, 0.4) is 0 Å². The van der Waals surface area contributed by atoms with Crippen LogP contribution in [0, 0.1) is 6.92 Å². The molecule has 0 atom stereocenters. The van der Waals surface area contributed by atoms with Gasteiger partial charge in [0.05, 0.1) is 19.1 Å². The summed E-state index contributed by atoms with van der Waals surface area (Å²) >= 11 is 3.47. The molecule has 0 aliphatic rings. The van der Waals surface area contributed by atoms with Crippen LogP contribution < -0.4 is 14.9 Å². The first kappa shape index (κ1) is 22.4. The van der Waals surface area contributed by atoms with E-state index in [0.29, 0.717) is 28.0 Å². The van der Waals surface area contributed by atoms with Gasteiger partial charge < -0.3 is 13.9 Å². The van der Waals surface area contributed by atoms with Crippen LogP contribution in [0.1, 0.15) is 44.1 Å². The van der Waals surface area contributed by atoms with Gasteiger partial charge in [-0.15, -0.1) is 0 Å². The van der Waals surface area contributed by atoms with E-state index in [9.17, 15) is 4.79 Å². The number of halogens is 1. The Labute approximate surface area is 186 Å². The van der Waals surface area contributed by atoms with E-state index in [0.717, 1.165) is 29.7 Å². The minimum atomic E-state index is -0.0402. The molecule has 0 radical (unpaired) electrons. The van der Waals surface area contributed by atoms with Gasteiger partial charge in [-0.05, 0) is 62.2 Å². The van der Waals surface area contributed by atoms with Gasteiger partial charge in [0, 0.05) is 16.5 Å². The Morgan fingerprint density at radius 1 is 0.900 bits per heavy atom. The molecule has 1 heterocycles. The smallest absolute Gasteiger partial charge is 0.196 e. The van der Waals surface area contributed by atoms with Crippen molar-refractivity contribution in [2.75, 3.05) is 19.0 Å². The van der Waals surface area contributed by atoms with Crippen LogP contribution in [0.4, 0.5) is 0 Å². The lowest BCUT2D eigenvalue weighted by Crippen LogP contribution is -2.07. The van der Waals surface area contributed by atoms with Gasteiger partial charge >= 0.3 is 0 Å². The van der Waals surface area contributed by atoms with E-state index in [-0.39, 0.29) is 5.43 Å². The number of alkyl halides is 1. The van der Waals surface area contributed by atoms with Crippen molar-refractivity contribution >= 4 is 26.9 Å². The molecular weight excluding hydrogens is 444 g/mol. The average Bonchev–Trinajstić information content (AvgIpc) is 2.78. The van der Waals surface area contributed by atoms with Crippen molar-refractivity contribution in [2.24, 2.45) is 0 Å². The second-order valence-corrected chi connectivity index (χ2v) is 8.22. The summed E-state index contributed by atoms with van der Waals surface area (Å²) in [5.74, 6) is 2.07. The SMILES string of the molecule is COc1ccc2oc(-c3ccc(OCCCCCCCCBr)cc3)c(C)c(=O)c2c1. The lowest BCUT2D eigenvalue weighted by atomic mass is 10.1. The highest BCUT2D eigenvalue weighted by molar-refractivity contribution is 9.09. The topological polar surface area (TPSA) is 48.7 Å². The molecule has 2 aromatic carbocycles. The Hall–Kier alpha value is -2.27. The Bertz CT molecular complexity index is 1010. The number of fused-ring (bicyclic) bond motifs is 1. The van der Waals surface area contributed by atoms with Crippen LogP contribution in [0.25, 0.3) is 22.3 Å². The molecule has 0 saturated carbocycles. The van der Waals surface area contributed by atoms with Gasteiger partial charge in [0.2, 0.25) is 0 Å². The first-order valence-electron chi connectivity index (χ1n) is 10.5. The van der Waals surface area contributed by atoms with E-state index in [1.165, 1.54) is 32.1 Å². The molecule has 3 aromatic rings. The van der Waals surface area contributed by atoms with Crippen LogP contribution in [0.5, 0.6) is 11.5 Å². The molecule has 1 aromatic heterocycles. The molecule has 5 heteroatoms. The van der Waals surface area contributed by atoms with E-state index in [2.05, 4.69) is 15.9 Å². The van der Waals surface area contributed by atoms with Crippen LogP contribution in [-0.2, 0) is 0 Å². The normalized spacial score (nSPS) is 11.0. The standard InChI is InChI=1S/C25H29BrO4/c1-18-24(27)22-17-21(28-2)13-14-23(22)30-25(18)19-9-11-20(12-10-19)29-16-8-6-4-3-5-7-15-26/h9-14,17H,3-8,15-16H2,1-2H3. The number of rotatable bonds is 11. The summed E-state index contributed by atoms with van der Waals surface area (Å²) in [6, 6.07) is 13.0. The maximum atomic E-state index is 12.8. The van der Waals surface area contributed by atoms with Gasteiger partial charge in [-0.1, -0.05) is 41.6 Å². The van der Waals surface area contributed by atoms with Gasteiger partial charge in [-0.25, -0.2) is 0 Å². The molecular formula is C25H29BrO4. The van der Waals surface area contributed by atoms with Crippen molar-refractivity contribution in [1.29, 1.82) is 0 Å². The fraction of sp³-hybridized carbons (Fsp3) is 0.400. The zero-order valence-corrected chi connectivity index (χ0v) is 19.3. The zero-order valence-electron chi connectivity index (χ0n) is 17.7. The number of ether oxygens (including phenoxy) is 2. The molecule has 0 aliphatic heterocycles. The molecule has 30 heavy (non-hydrogen) atoms. The molecule has 0 aliphatic carbocycles. The van der Waals surface area contributed by atoms with Crippen LogP contribution in [-0.4, -0.2) is 19.0 Å². The van der Waals surface area contributed by atoms with E-state index >= 15 is 0 Å². The second kappa shape index (κ2) is 11.2. The summed E-state index contributed by atoms with van der Waals surface area (Å²) < 4.78 is 17.1. The number of unbranched alkanes of at least 4 members (excludes halogenated alkanes) is 5. The highest BCUT2D eigenvalue weighted by atomic mass is 79.9. The van der Waals surface area contributed by atoms with Crippen LogP contribution in [0.15, 0.2) is 51.7 Å². The lowest BCUT2D eigenvalue weighted by Gasteiger charge is -2.10. The summed E-state index contributed by atoms with van der Waals surface area (Å²) in [6.45, 7) is 2.52. The molecule has 160 valence electrons. The molecule has 0 bridgehead atoms. The van der Waals surface area contributed by atoms with Crippen molar-refractivity contribution < 1.29 is 13.9 Å². The molecule has 0 saturated heterocycles. The van der Waals surface area contributed by atoms with Gasteiger partial charge in [-0.2, -0.15) is 0 Å². The zero-order chi connectivity index (χ0) is 21.3. The third-order valence-electron chi connectivity index (χ3n) is 5.24. The van der Waals surface area contributed by atoms with E-state index in [4.69, 9.17) is 13.9 Å². The molecule has 3 rings (SSSR count). The maximum absolute atomic E-state index is 12.8. The third-order valence-corrected chi connectivity index (χ3v) is 5.80. The second-order valence-electron chi connectivity index (χ2n) is 7.43. The summed E-state index contributed by atoms with van der Waals surface area (Å²) in [5, 5.41) is 1.63. The average molecular weight is 473 g/mol. The van der Waals surface area contributed by atoms with E-state index < -0.39 is 0 Å². The molecule has 0 N–H and O–H groups in total. The summed E-state index contributed by atoms with van der Waals surface area (Å²) in [5.41, 5.74) is 1.96. The largest absolute Gasteiger partial charge is 0.497 e. The fourth-order valence-electron chi connectivity index (χ4n) is 3.47. The monoisotopic (exact) mass is 472 g/mol. The van der Waals surface area contributed by atoms with Crippen LogP contribution in [0.2, 0.25) is 0 Å². The Morgan fingerprint density at radius 2 is 1.57 bits per heavy atom. The summed E-state index contributed by atoms with van der Waals surface area (Å²) in [4.78, 5) is 12.8. The highest BCUT2D eigenvalue weighted by Crippen LogP contribution is 2.28. The number of methoxy groups -OCH3 is 1. The van der Waals surface area contributed by atoms with Crippen LogP contribution >= 0.6 is 15.9 Å². The van der Waals surface area contributed by atoms with Gasteiger partial charge in [0.25, 0.3) is 0 Å². The Balaban J connectivity index is 1.63. The lowest BCUT2D eigenvalue weighted by molar-refractivity contribution is 0.304. The number of hydrogen-bond donors (Lipinski definition) is 0. The molecule has 0 spiro atoms. The predicted octanol–water partition coefficient (Wildman–Crippen LogP) is 6.89. The molecule has 0 amide bonds. The van der Waals surface area contributed by atoms with Crippen molar-refractivity contribution in [1.82, 2.24) is 0 Å². The first-order chi connectivity index (χ1) is 14.6. The van der Waals surface area contributed by atoms with Crippen molar-refractivity contribution in [3.05, 3.63) is 58.3 Å². The van der Waals surface area contributed by atoms with Gasteiger partial charge in [0.15, 0.2) is 5.43 Å². The highest BCUT2D eigenvalue weighted by Gasteiger charge is 2.13. The third kappa shape index (κ3) is 5.66. The molecule has 4 nitrogen and oxygen atoms in total.